The lowest BCUT2D eigenvalue weighted by Crippen LogP contribution is -1.97. The molecular weight excluding hydrogens is 425 g/mol. The van der Waals surface area contributed by atoms with Gasteiger partial charge in [-0.2, -0.15) is 0 Å². The van der Waals surface area contributed by atoms with Crippen molar-refractivity contribution in [2.45, 2.75) is 0 Å². The molecule has 4 nitrogen and oxygen atoms in total. The van der Waals surface area contributed by atoms with Crippen LogP contribution in [0.2, 0.25) is 0 Å². The molecule has 2 unspecified atom stereocenters. The number of hydrogen-bond acceptors (Lipinski definition) is 8. The lowest BCUT2D eigenvalue weighted by molar-refractivity contribution is 0.426. The minimum atomic E-state index is -0.793. The van der Waals surface area contributed by atoms with Gasteiger partial charge in [-0.05, 0) is 41.3 Å². The third-order valence-corrected chi connectivity index (χ3v) is 5.00. The topological polar surface area (TPSA) is 72.8 Å². The van der Waals surface area contributed by atoms with Crippen molar-refractivity contribution in [1.29, 1.82) is 0 Å². The highest BCUT2D eigenvalue weighted by molar-refractivity contribution is 8.72. The molecule has 10 heteroatoms. The Morgan fingerprint density at radius 1 is 1.12 bits per heavy atom. The van der Waals surface area contributed by atoms with Crippen LogP contribution in [0, 0.1) is 0 Å². The van der Waals surface area contributed by atoms with Gasteiger partial charge in [0.25, 0.3) is 0 Å². The first-order valence-corrected chi connectivity index (χ1v) is 13.7. The summed E-state index contributed by atoms with van der Waals surface area (Å²) >= 11 is 6.24. The second kappa shape index (κ2) is 35.0. The SMILES string of the molecule is C=CCOS(C)=S.C=CCSO.C=CCS[S+]([O-])CC=C.CSO. The first kappa shape index (κ1) is 32.4. The van der Waals surface area contributed by atoms with E-state index in [2.05, 4.69) is 26.3 Å². The summed E-state index contributed by atoms with van der Waals surface area (Å²) in [5, 5.41) is 0. The van der Waals surface area contributed by atoms with Gasteiger partial charge in [-0.25, -0.2) is 0 Å². The molecule has 0 radical (unpaired) electrons. The zero-order chi connectivity index (χ0) is 19.6. The third-order valence-electron chi connectivity index (χ3n) is 1.12. The summed E-state index contributed by atoms with van der Waals surface area (Å²) in [7, 11) is 0.288. The van der Waals surface area contributed by atoms with Gasteiger partial charge < -0.3 is 17.8 Å². The van der Waals surface area contributed by atoms with Gasteiger partial charge in [0.15, 0.2) is 0 Å². The number of rotatable bonds is 10. The van der Waals surface area contributed by atoms with Gasteiger partial charge in [0.1, 0.15) is 5.75 Å². The molecule has 0 aromatic rings. The van der Waals surface area contributed by atoms with Gasteiger partial charge in [-0.3, -0.25) is 0 Å². The van der Waals surface area contributed by atoms with E-state index in [0.717, 1.165) is 29.8 Å². The van der Waals surface area contributed by atoms with Crippen LogP contribution in [0.15, 0.2) is 50.6 Å². The number of hydrogen-bond donors (Lipinski definition) is 2. The van der Waals surface area contributed by atoms with Crippen molar-refractivity contribution >= 4 is 66.0 Å². The minimum Gasteiger partial charge on any atom is -0.605 e. The van der Waals surface area contributed by atoms with Crippen LogP contribution in [0.3, 0.4) is 0 Å². The summed E-state index contributed by atoms with van der Waals surface area (Å²) in [4.78, 5) is 0. The lowest BCUT2D eigenvalue weighted by Gasteiger charge is -2.02. The molecule has 0 aromatic carbocycles. The van der Waals surface area contributed by atoms with E-state index < -0.39 is 10.2 Å². The monoisotopic (exact) mass is 452 g/mol. The van der Waals surface area contributed by atoms with Crippen LogP contribution in [-0.4, -0.2) is 50.0 Å². The van der Waals surface area contributed by atoms with Gasteiger partial charge in [0.2, 0.25) is 0 Å². The Morgan fingerprint density at radius 2 is 1.62 bits per heavy atom. The van der Waals surface area contributed by atoms with E-state index in [0.29, 0.717) is 18.1 Å². The van der Waals surface area contributed by atoms with Crippen LogP contribution in [0.1, 0.15) is 0 Å². The van der Waals surface area contributed by atoms with Crippen molar-refractivity contribution in [2.24, 2.45) is 0 Å². The fourth-order valence-corrected chi connectivity index (χ4v) is 2.88. The zero-order valence-electron chi connectivity index (χ0n) is 14.1. The van der Waals surface area contributed by atoms with Gasteiger partial charge in [0.05, 0.1) is 23.2 Å². The predicted octanol–water partition coefficient (Wildman–Crippen LogP) is 4.77. The highest BCUT2D eigenvalue weighted by Crippen LogP contribution is 2.12. The molecule has 0 amide bonds. The summed E-state index contributed by atoms with van der Waals surface area (Å²) in [5.74, 6) is 1.94. The molecule has 0 fully saturated rings. The predicted molar refractivity (Wildman–Crippen MR) is 124 cm³/mol. The van der Waals surface area contributed by atoms with Crippen molar-refractivity contribution in [1.82, 2.24) is 0 Å². The van der Waals surface area contributed by atoms with Gasteiger partial charge in [-0.15, -0.1) is 19.7 Å². The van der Waals surface area contributed by atoms with E-state index in [9.17, 15) is 4.55 Å². The molecule has 0 saturated heterocycles. The molecule has 2 atom stereocenters. The minimum absolute atomic E-state index is 0.303. The molecule has 0 aliphatic heterocycles. The molecule has 144 valence electrons. The van der Waals surface area contributed by atoms with E-state index in [1.54, 1.807) is 30.6 Å². The maximum absolute atomic E-state index is 10.8. The standard InChI is InChI=1S/C6H10OS2.C4H8OS2.C3H6OS.CH4OS/c1-3-5-8-9(7)6-4-2;1-3-4-5-7(2)6;1-2-3-5-4;1-3-2/h3-4H,1-2,5-6H2;3H,1,4H2,2H3;2,4H,1,3H2;2H,1H3. The Kier molecular flexibility index (Phi) is 47.3. The zero-order valence-corrected chi connectivity index (χ0v) is 19.0. The van der Waals surface area contributed by atoms with Gasteiger partial charge >= 0.3 is 0 Å². The Bertz CT molecular complexity index is 303. The molecule has 0 rings (SSSR count). The van der Waals surface area contributed by atoms with Crippen molar-refractivity contribution in [3.05, 3.63) is 50.6 Å². The quantitative estimate of drug-likeness (QED) is 0.212. The summed E-state index contributed by atoms with van der Waals surface area (Å²) < 4.78 is 31.1. The highest BCUT2D eigenvalue weighted by atomic mass is 33.1. The van der Waals surface area contributed by atoms with Crippen LogP contribution in [0.5, 0.6) is 0 Å². The molecule has 2 N–H and O–H groups in total. The van der Waals surface area contributed by atoms with Crippen molar-refractivity contribution in [3.63, 3.8) is 0 Å². The Morgan fingerprint density at radius 3 is 1.83 bits per heavy atom. The Balaban J connectivity index is -0.000000119. The molecule has 0 heterocycles. The molecule has 0 bridgehead atoms. The van der Waals surface area contributed by atoms with E-state index >= 15 is 0 Å². The van der Waals surface area contributed by atoms with Crippen LogP contribution in [0.4, 0.5) is 0 Å². The van der Waals surface area contributed by atoms with Crippen LogP contribution >= 0.6 is 34.9 Å². The second-order valence-electron chi connectivity index (χ2n) is 3.07. The fraction of sp³-hybridized carbons (Fsp3) is 0.429. The van der Waals surface area contributed by atoms with Crippen LogP contribution in [0.25, 0.3) is 0 Å². The molecule has 0 saturated carbocycles. The molecule has 0 aromatic heterocycles. The summed E-state index contributed by atoms with van der Waals surface area (Å²) in [6.45, 7) is 14.4. The molecule has 0 aliphatic carbocycles. The van der Waals surface area contributed by atoms with Crippen molar-refractivity contribution in [2.75, 3.05) is 36.4 Å². The molecule has 24 heavy (non-hydrogen) atoms. The smallest absolute Gasteiger partial charge is 0.135 e. The van der Waals surface area contributed by atoms with E-state index in [4.69, 9.17) is 24.5 Å². The molecule has 0 spiro atoms. The average molecular weight is 453 g/mol. The van der Waals surface area contributed by atoms with E-state index in [-0.39, 0.29) is 9.74 Å². The van der Waals surface area contributed by atoms with Gasteiger partial charge in [0, 0.05) is 38.2 Å². The Hall–Kier alpha value is 0.770. The maximum Gasteiger partial charge on any atom is 0.135 e. The van der Waals surface area contributed by atoms with Crippen molar-refractivity contribution < 1.29 is 17.8 Å². The van der Waals surface area contributed by atoms with Crippen LogP contribution < -0.4 is 0 Å². The van der Waals surface area contributed by atoms with E-state index in [1.807, 2.05) is 6.26 Å². The fourth-order valence-electron chi connectivity index (χ4n) is 0.465. The Labute approximate surface area is 170 Å². The summed E-state index contributed by atoms with van der Waals surface area (Å²) in [5.41, 5.74) is 0. The lowest BCUT2D eigenvalue weighted by atomic mass is 10.7. The first-order valence-electron chi connectivity index (χ1n) is 6.27. The first-order chi connectivity index (χ1) is 11.4. The maximum atomic E-state index is 10.8. The third kappa shape index (κ3) is 56.9. The molecular formula is C14H28O4S6. The van der Waals surface area contributed by atoms with Crippen LogP contribution in [-0.2, 0) is 35.3 Å². The molecule has 0 aliphatic rings. The summed E-state index contributed by atoms with van der Waals surface area (Å²) in [6.07, 6.45) is 10.2. The average Bonchev–Trinajstić information content (AvgIpc) is 2.54. The highest BCUT2D eigenvalue weighted by Gasteiger charge is 2.01. The summed E-state index contributed by atoms with van der Waals surface area (Å²) in [6, 6.07) is 0. The second-order valence-corrected chi connectivity index (χ2v) is 9.81. The van der Waals surface area contributed by atoms with Gasteiger partial charge in [-0.1, -0.05) is 24.8 Å². The van der Waals surface area contributed by atoms with E-state index in [1.165, 1.54) is 10.8 Å². The normalized spacial score (nSPS) is 10.9. The van der Waals surface area contributed by atoms with Crippen molar-refractivity contribution in [3.8, 4) is 0 Å². The largest absolute Gasteiger partial charge is 0.605 e.